The zero-order valence-electron chi connectivity index (χ0n) is 64.4. The lowest BCUT2D eigenvalue weighted by molar-refractivity contribution is -0.142. The molecule has 1 saturated heterocycles. The van der Waals surface area contributed by atoms with E-state index in [-0.39, 0.29) is 113 Å². The van der Waals surface area contributed by atoms with E-state index in [2.05, 4.69) is 52.2 Å². The highest BCUT2D eigenvalue weighted by Crippen LogP contribution is 2.35. The minimum absolute atomic E-state index is 0.00195. The van der Waals surface area contributed by atoms with E-state index in [0.717, 1.165) is 22.1 Å². The Bertz CT molecular complexity index is 4720. The number of amides is 12. The number of anilines is 3. The molecule has 598 valence electrons. The van der Waals surface area contributed by atoms with Crippen molar-refractivity contribution in [1.29, 1.82) is 0 Å². The van der Waals surface area contributed by atoms with Crippen LogP contribution in [0.1, 0.15) is 137 Å². The number of nitrogens with one attached hydrogen (secondary N) is 7. The third-order valence-electron chi connectivity index (χ3n) is 18.6. The molecule has 0 spiro atoms. The summed E-state index contributed by atoms with van der Waals surface area (Å²) in [6, 6.07) is 12.7. The molecule has 112 heavy (non-hydrogen) atoms. The van der Waals surface area contributed by atoms with Crippen LogP contribution in [-0.2, 0) is 75.7 Å². The van der Waals surface area contributed by atoms with E-state index in [1.807, 2.05) is 62.5 Å². The molecule has 0 unspecified atom stereocenters. The number of primary amides is 2. The number of thioether (sulfide) groups is 1. The van der Waals surface area contributed by atoms with Gasteiger partial charge in [-0.05, 0) is 107 Å². The summed E-state index contributed by atoms with van der Waals surface area (Å²) < 4.78 is 22.7. The lowest BCUT2D eigenvalue weighted by Gasteiger charge is -2.38. The molecular weight excluding hydrogens is 1480 g/mol. The molecule has 2 atom stereocenters. The Morgan fingerprint density at radius 1 is 0.705 bits per heavy atom. The first-order valence-electron chi connectivity index (χ1n) is 36.9. The maximum Gasteiger partial charge on any atom is 0.407 e. The van der Waals surface area contributed by atoms with Gasteiger partial charge in [0, 0.05) is 124 Å². The summed E-state index contributed by atoms with van der Waals surface area (Å²) in [4.78, 5) is 175. The van der Waals surface area contributed by atoms with Crippen molar-refractivity contribution in [3.8, 4) is 5.75 Å². The van der Waals surface area contributed by atoms with Crippen molar-refractivity contribution in [2.24, 2.45) is 22.8 Å². The van der Waals surface area contributed by atoms with E-state index >= 15 is 0 Å². The van der Waals surface area contributed by atoms with Crippen molar-refractivity contribution in [2.75, 3.05) is 94.4 Å². The Balaban J connectivity index is 0.725. The molecule has 0 aliphatic carbocycles. The Morgan fingerprint density at radius 2 is 1.35 bits per heavy atom. The van der Waals surface area contributed by atoms with E-state index in [0.29, 0.717) is 124 Å². The Hall–Kier alpha value is -11.4. The van der Waals surface area contributed by atoms with Crippen LogP contribution in [0.25, 0.3) is 22.1 Å². The number of nitrogens with two attached hydrogens (primary N) is 2. The van der Waals surface area contributed by atoms with E-state index in [9.17, 15) is 57.5 Å². The molecule has 9 rings (SSSR count). The third kappa shape index (κ3) is 22.2. The van der Waals surface area contributed by atoms with Gasteiger partial charge in [-0.1, -0.05) is 58.9 Å². The smallest absolute Gasteiger partial charge is 0.407 e. The van der Waals surface area contributed by atoms with Gasteiger partial charge in [0.15, 0.2) is 0 Å². The molecule has 34 nitrogen and oxygen atoms in total. The van der Waals surface area contributed by atoms with Crippen LogP contribution in [0.5, 0.6) is 5.75 Å². The van der Waals surface area contributed by atoms with E-state index in [1.54, 1.807) is 84.6 Å². The summed E-state index contributed by atoms with van der Waals surface area (Å²) in [5.74, 6) is -4.82. The predicted molar refractivity (Wildman–Crippen MR) is 420 cm³/mol. The topological polar surface area (TPSA) is 445 Å². The van der Waals surface area contributed by atoms with Gasteiger partial charge in [0.2, 0.25) is 53.2 Å². The van der Waals surface area contributed by atoms with Crippen LogP contribution in [0.2, 0.25) is 0 Å². The molecule has 1 fully saturated rings. The fourth-order valence-corrected chi connectivity index (χ4v) is 14.1. The number of carbonyl (C=O) groups excluding carboxylic acids is 12. The summed E-state index contributed by atoms with van der Waals surface area (Å²) in [6.45, 7) is 20.0. The molecule has 3 aromatic carbocycles. The predicted octanol–water partition coefficient (Wildman–Crippen LogP) is 5.60. The van der Waals surface area contributed by atoms with Gasteiger partial charge in [-0.2, -0.15) is 5.10 Å². The number of aryl methyl sites for hydroxylation is 4. The lowest BCUT2D eigenvalue weighted by Crippen LogP contribution is -2.53. The lowest BCUT2D eigenvalue weighted by atomic mass is 9.87. The van der Waals surface area contributed by atoms with Gasteiger partial charge in [0.25, 0.3) is 23.6 Å². The molecule has 7 aromatic rings. The van der Waals surface area contributed by atoms with Gasteiger partial charge < -0.3 is 66.3 Å². The zero-order valence-corrected chi connectivity index (χ0v) is 66.1. The number of ether oxygens (including phenoxy) is 3. The molecule has 0 bridgehead atoms. The maximum absolute atomic E-state index is 14.2. The van der Waals surface area contributed by atoms with Crippen LogP contribution in [0, 0.1) is 25.2 Å². The maximum atomic E-state index is 14.2. The summed E-state index contributed by atoms with van der Waals surface area (Å²) in [5, 5.41) is 24.6. The average molecular weight is 1580 g/mol. The normalized spacial score (nSPS) is 13.7. The van der Waals surface area contributed by atoms with Crippen molar-refractivity contribution in [2.45, 2.75) is 138 Å². The number of carbonyl (C=O) groups is 12. The summed E-state index contributed by atoms with van der Waals surface area (Å²) in [6.07, 6.45) is 8.44. The number of allylic oxidation sites excluding steroid dienone is 2. The molecule has 4 aromatic heterocycles. The number of fused-ring (bicyclic) bond motifs is 2. The molecule has 2 aliphatic heterocycles. The van der Waals surface area contributed by atoms with Gasteiger partial charge in [-0.15, -0.1) is 23.1 Å². The first-order chi connectivity index (χ1) is 53.4. The van der Waals surface area contributed by atoms with Gasteiger partial charge in [0.1, 0.15) is 40.5 Å². The standard InChI is InChI=1S/C76H97N19O15S2/c1-11-52-65(112-47(7)82-52)71(105)88-74-84-53-39-49(66(77)100)41-56(63(53)93(74)28-13-14-29-94-64-54(40-50(67(78)101)42-57(64)111-10)85-73(94)87-69(103)55-38-45(5)89-95(55)12-2)109-35-15-27-90-31-33-91(34-32-90)72(106)76(8,9)24-25-80-75(107)110-43-48-16-18-51(19-17-48)83-68(102)46(6)81-70(104)62(44(3)4)86-59(97)23-36-108-37-26-79-58(96)22-30-92-60(98)20-21-61(92)99/h13-14,16-21,38-42,44,46,62H,11-12,15,22-37,43H2,1-10H3,(H2,77,100)(H2,78,101)(H,79,96)(H,80,107)(H,81,104)(H,83,102)(H,86,97)(H,84,88,105)(H,85,87,103)/b14-13+/t46-,62-/m0/s1. The molecule has 36 heteroatoms. The van der Waals surface area contributed by atoms with Gasteiger partial charge in [0.05, 0.1) is 52.8 Å². The number of alkyl carbamates (subject to hydrolysis) is 1. The van der Waals surface area contributed by atoms with Crippen LogP contribution in [0.15, 0.2) is 83.8 Å². The quantitative estimate of drug-likeness (QED) is 0.00980. The Labute approximate surface area is 655 Å². The number of nitrogens with zero attached hydrogens (tertiary/aromatic N) is 10. The molecule has 0 saturated carbocycles. The molecule has 6 heterocycles. The number of benzene rings is 3. The van der Waals surface area contributed by atoms with Gasteiger partial charge in [-0.25, -0.2) is 19.7 Å². The largest absolute Gasteiger partial charge is 0.491 e. The van der Waals surface area contributed by atoms with E-state index in [1.165, 1.54) is 30.0 Å². The second kappa shape index (κ2) is 39.0. The zero-order chi connectivity index (χ0) is 81.1. The SMILES string of the molecule is CCc1nc(C)sc1C(=O)Nc1nc2cc(C(N)=O)cc(OCCCN3CCN(C(=O)C(C)(C)CCNC(=O)OCc4ccc(NC(=O)[C@H](C)NC(=O)[C@@H](NC(=O)CCOCCNC(=O)CCN5C(=O)C=CC5=O)C(C)C)cc4)CC3)c2n1C/C=C/Cn1c(NC(=O)c2cc(C)nn2CC)nc2cc(C(N)=O)cc(SC)c21. The van der Waals surface area contributed by atoms with Crippen molar-refractivity contribution in [3.63, 3.8) is 0 Å². The molecule has 11 N–H and O–H groups in total. The van der Waals surface area contributed by atoms with Crippen LogP contribution in [0.3, 0.4) is 0 Å². The first kappa shape index (κ1) is 84.6. The highest BCUT2D eigenvalue weighted by atomic mass is 32.2. The molecule has 0 radical (unpaired) electrons. The van der Waals surface area contributed by atoms with E-state index < -0.39 is 76.8 Å². The minimum atomic E-state index is -0.994. The van der Waals surface area contributed by atoms with Crippen molar-refractivity contribution in [3.05, 3.63) is 123 Å². The Kier molecular flexibility index (Phi) is 29.5. The van der Waals surface area contributed by atoms with Crippen molar-refractivity contribution >= 4 is 134 Å². The number of aromatic nitrogens is 7. The second-order valence-corrected chi connectivity index (χ2v) is 29.8. The Morgan fingerprint density at radius 3 is 1.98 bits per heavy atom. The second-order valence-electron chi connectivity index (χ2n) is 27.7. The van der Waals surface area contributed by atoms with Crippen molar-refractivity contribution in [1.82, 2.24) is 69.8 Å². The van der Waals surface area contributed by atoms with Crippen LogP contribution in [-0.4, -0.2) is 210 Å². The fourth-order valence-electron chi connectivity index (χ4n) is 12.5. The van der Waals surface area contributed by atoms with Crippen molar-refractivity contribution < 1.29 is 71.7 Å². The number of thiazole rings is 1. The number of imidazole rings is 2. The highest BCUT2D eigenvalue weighted by Gasteiger charge is 2.35. The third-order valence-corrected chi connectivity index (χ3v) is 20.4. The molecule has 12 amide bonds. The summed E-state index contributed by atoms with van der Waals surface area (Å²) >= 11 is 2.65. The minimum Gasteiger partial charge on any atom is -0.491 e. The van der Waals surface area contributed by atoms with Crippen LogP contribution < -0.4 is 53.4 Å². The van der Waals surface area contributed by atoms with Gasteiger partial charge >= 0.3 is 6.09 Å². The van der Waals surface area contributed by atoms with Crippen LogP contribution >= 0.6 is 23.1 Å². The average Bonchev–Trinajstić information content (AvgIpc) is 1.62. The molecular formula is C76H97N19O15S2. The summed E-state index contributed by atoms with van der Waals surface area (Å²) in [5.41, 5.74) is 15.8. The van der Waals surface area contributed by atoms with Gasteiger partial charge in [-0.3, -0.25) is 77.9 Å². The number of hydrogen-bond acceptors (Lipinski definition) is 22. The highest BCUT2D eigenvalue weighted by molar-refractivity contribution is 7.98. The number of piperazine rings is 1. The molecule has 2 aliphatic rings. The fraction of sp³-hybridized carbons (Fsp3) is 0.447. The number of rotatable bonds is 39. The monoisotopic (exact) mass is 1580 g/mol. The number of hydrogen-bond donors (Lipinski definition) is 9. The number of imide groups is 1. The van der Waals surface area contributed by atoms with Crippen LogP contribution in [0.4, 0.5) is 22.4 Å². The summed E-state index contributed by atoms with van der Waals surface area (Å²) in [7, 11) is 0. The first-order valence-corrected chi connectivity index (χ1v) is 38.9. The van der Waals surface area contributed by atoms with E-state index in [4.69, 9.17) is 35.6 Å².